The van der Waals surface area contributed by atoms with E-state index in [0.717, 1.165) is 6.20 Å². The average molecular weight is 393 g/mol. The van der Waals surface area contributed by atoms with Crippen molar-refractivity contribution in [1.29, 1.82) is 0 Å². The van der Waals surface area contributed by atoms with Crippen LogP contribution >= 0.6 is 0 Å². The van der Waals surface area contributed by atoms with Crippen LogP contribution in [0.5, 0.6) is 0 Å². The Bertz CT molecular complexity index is 1250. The van der Waals surface area contributed by atoms with E-state index in [1.165, 1.54) is 29.1 Å². The number of hydrogen-bond acceptors (Lipinski definition) is 5. The minimum Gasteiger partial charge on any atom is -0.363 e. The van der Waals surface area contributed by atoms with Gasteiger partial charge in [0.15, 0.2) is 0 Å². The molecule has 0 spiro atoms. The van der Waals surface area contributed by atoms with Gasteiger partial charge in [-0.05, 0) is 41.5 Å². The van der Waals surface area contributed by atoms with Gasteiger partial charge in [-0.15, -0.1) is 0 Å². The number of aromatic nitrogens is 4. The molecule has 0 saturated carbocycles. The molecule has 0 aliphatic rings. The number of rotatable bonds is 4. The molecule has 8 heteroatoms. The number of hydrogen-bond donors (Lipinski definition) is 0. The fraction of sp³-hybridized carbons (Fsp3) is 0.143. The van der Waals surface area contributed by atoms with Crippen molar-refractivity contribution in [3.05, 3.63) is 82.7 Å². The number of anilines is 1. The third-order valence-electron chi connectivity index (χ3n) is 4.64. The molecule has 0 radical (unpaired) electrons. The molecule has 0 fully saturated rings. The summed E-state index contributed by atoms with van der Waals surface area (Å²) in [6.07, 6.45) is 5.70. The van der Waals surface area contributed by atoms with E-state index < -0.39 is 17.2 Å². The summed E-state index contributed by atoms with van der Waals surface area (Å²) >= 11 is 0. The Labute approximate surface area is 165 Å². The van der Waals surface area contributed by atoms with Gasteiger partial charge in [-0.25, -0.2) is 18.7 Å². The summed E-state index contributed by atoms with van der Waals surface area (Å²) in [7, 11) is 3.67. The van der Waals surface area contributed by atoms with E-state index in [1.807, 2.05) is 14.1 Å². The Hall–Kier alpha value is -3.68. The zero-order valence-corrected chi connectivity index (χ0v) is 15.8. The van der Waals surface area contributed by atoms with Gasteiger partial charge >= 0.3 is 0 Å². The zero-order chi connectivity index (χ0) is 20.5. The SMILES string of the molecule is CN(C)c1cc(-c2cc(F)c(Cn3c(=O)cnc4cnccc43)c(F)c2)ccn1. The van der Waals surface area contributed by atoms with Crippen LogP contribution in [0.3, 0.4) is 0 Å². The zero-order valence-electron chi connectivity index (χ0n) is 15.8. The molecule has 3 heterocycles. The first-order valence-corrected chi connectivity index (χ1v) is 8.85. The largest absolute Gasteiger partial charge is 0.363 e. The topological polar surface area (TPSA) is 63.9 Å². The number of benzene rings is 1. The Kier molecular flexibility index (Phi) is 4.75. The molecule has 4 rings (SSSR count). The van der Waals surface area contributed by atoms with Crippen molar-refractivity contribution in [2.24, 2.45) is 0 Å². The van der Waals surface area contributed by atoms with Crippen LogP contribution in [0.1, 0.15) is 5.56 Å². The predicted octanol–water partition coefficient (Wildman–Crippen LogP) is 3.25. The van der Waals surface area contributed by atoms with Gasteiger partial charge in [0, 0.05) is 32.1 Å². The normalized spacial score (nSPS) is 11.0. The van der Waals surface area contributed by atoms with E-state index in [9.17, 15) is 13.6 Å². The van der Waals surface area contributed by atoms with Gasteiger partial charge in [0.1, 0.15) is 23.0 Å². The minimum absolute atomic E-state index is 0.193. The van der Waals surface area contributed by atoms with Crippen LogP contribution in [-0.2, 0) is 6.54 Å². The van der Waals surface area contributed by atoms with Crippen molar-refractivity contribution in [2.75, 3.05) is 19.0 Å². The van der Waals surface area contributed by atoms with Crippen LogP contribution in [0.25, 0.3) is 22.2 Å². The lowest BCUT2D eigenvalue weighted by molar-refractivity contribution is 0.545. The third kappa shape index (κ3) is 3.56. The summed E-state index contributed by atoms with van der Waals surface area (Å²) < 4.78 is 31.0. The Morgan fingerprint density at radius 3 is 2.45 bits per heavy atom. The highest BCUT2D eigenvalue weighted by Gasteiger charge is 2.15. The van der Waals surface area contributed by atoms with Crippen molar-refractivity contribution in [3.63, 3.8) is 0 Å². The molecule has 0 atom stereocenters. The van der Waals surface area contributed by atoms with Gasteiger partial charge in [-0.2, -0.15) is 0 Å². The summed E-state index contributed by atoms with van der Waals surface area (Å²) in [4.78, 5) is 26.3. The first kappa shape index (κ1) is 18.7. The minimum atomic E-state index is -0.728. The molecule has 0 N–H and O–H groups in total. The predicted molar refractivity (Wildman–Crippen MR) is 107 cm³/mol. The van der Waals surface area contributed by atoms with Crippen LogP contribution in [0.15, 0.2) is 59.9 Å². The van der Waals surface area contributed by atoms with Crippen LogP contribution in [-0.4, -0.2) is 33.6 Å². The first-order valence-electron chi connectivity index (χ1n) is 8.85. The smallest absolute Gasteiger partial charge is 0.269 e. The quantitative estimate of drug-likeness (QED) is 0.533. The number of halogens is 2. The molecule has 6 nitrogen and oxygen atoms in total. The van der Waals surface area contributed by atoms with Gasteiger partial charge in [-0.3, -0.25) is 9.78 Å². The number of fused-ring (bicyclic) bond motifs is 1. The third-order valence-corrected chi connectivity index (χ3v) is 4.64. The fourth-order valence-corrected chi connectivity index (χ4v) is 3.10. The van der Waals surface area contributed by atoms with Crippen molar-refractivity contribution in [2.45, 2.75) is 6.54 Å². The molecule has 0 amide bonds. The van der Waals surface area contributed by atoms with E-state index in [4.69, 9.17) is 0 Å². The Balaban J connectivity index is 1.77. The maximum atomic E-state index is 14.9. The molecule has 146 valence electrons. The van der Waals surface area contributed by atoms with Crippen molar-refractivity contribution in [3.8, 4) is 11.1 Å². The second-order valence-electron chi connectivity index (χ2n) is 6.76. The van der Waals surface area contributed by atoms with E-state index in [-0.39, 0.29) is 12.1 Å². The van der Waals surface area contributed by atoms with Gasteiger partial charge in [0.05, 0.1) is 24.5 Å². The molecule has 29 heavy (non-hydrogen) atoms. The highest BCUT2D eigenvalue weighted by Crippen LogP contribution is 2.27. The summed E-state index contributed by atoms with van der Waals surface area (Å²) in [6, 6.07) is 7.57. The molecule has 0 bridgehead atoms. The standard InChI is InChI=1S/C21H17F2N5O/c1-27(2)20-9-13(3-6-25-20)14-7-16(22)15(17(23)8-14)12-28-19-4-5-24-10-18(19)26-11-21(28)29/h3-11H,12H2,1-2H3. The number of nitrogens with zero attached hydrogens (tertiary/aromatic N) is 5. The summed E-state index contributed by atoms with van der Waals surface area (Å²) in [5.74, 6) is -0.779. The van der Waals surface area contributed by atoms with Crippen molar-refractivity contribution < 1.29 is 8.78 Å². The fourth-order valence-electron chi connectivity index (χ4n) is 3.10. The molecule has 0 saturated heterocycles. The van der Waals surface area contributed by atoms with E-state index in [0.29, 0.717) is 28.0 Å². The summed E-state index contributed by atoms with van der Waals surface area (Å²) in [5, 5.41) is 0. The maximum absolute atomic E-state index is 14.9. The molecular weight excluding hydrogens is 376 g/mol. The monoisotopic (exact) mass is 393 g/mol. The van der Waals surface area contributed by atoms with Crippen LogP contribution in [0.2, 0.25) is 0 Å². The Morgan fingerprint density at radius 2 is 1.72 bits per heavy atom. The van der Waals surface area contributed by atoms with Crippen molar-refractivity contribution >= 4 is 16.9 Å². The lowest BCUT2D eigenvalue weighted by Gasteiger charge is -2.14. The summed E-state index contributed by atoms with van der Waals surface area (Å²) in [6.45, 7) is -0.251. The lowest BCUT2D eigenvalue weighted by atomic mass is 10.0. The highest BCUT2D eigenvalue weighted by atomic mass is 19.1. The van der Waals surface area contributed by atoms with Crippen LogP contribution < -0.4 is 10.5 Å². The van der Waals surface area contributed by atoms with Gasteiger partial charge in [0.25, 0.3) is 5.56 Å². The lowest BCUT2D eigenvalue weighted by Crippen LogP contribution is -2.22. The van der Waals surface area contributed by atoms with E-state index in [2.05, 4.69) is 15.0 Å². The molecule has 0 unspecified atom stereocenters. The molecular formula is C21H17F2N5O. The number of pyridine rings is 2. The summed E-state index contributed by atoms with van der Waals surface area (Å²) in [5.41, 5.74) is 1.33. The maximum Gasteiger partial charge on any atom is 0.269 e. The molecule has 4 aromatic rings. The van der Waals surface area contributed by atoms with E-state index in [1.54, 1.807) is 29.3 Å². The second kappa shape index (κ2) is 7.38. The van der Waals surface area contributed by atoms with Gasteiger partial charge in [0.2, 0.25) is 0 Å². The van der Waals surface area contributed by atoms with Crippen LogP contribution in [0.4, 0.5) is 14.6 Å². The highest BCUT2D eigenvalue weighted by molar-refractivity contribution is 5.73. The molecule has 0 aliphatic carbocycles. The van der Waals surface area contributed by atoms with Gasteiger partial charge in [-0.1, -0.05) is 0 Å². The molecule has 3 aromatic heterocycles. The average Bonchev–Trinajstić information content (AvgIpc) is 2.72. The van der Waals surface area contributed by atoms with E-state index >= 15 is 0 Å². The van der Waals surface area contributed by atoms with Crippen LogP contribution in [0, 0.1) is 11.6 Å². The molecule has 1 aromatic carbocycles. The first-order chi connectivity index (χ1) is 13.9. The van der Waals surface area contributed by atoms with Gasteiger partial charge < -0.3 is 9.47 Å². The molecule has 0 aliphatic heterocycles. The second-order valence-corrected chi connectivity index (χ2v) is 6.76. The Morgan fingerprint density at radius 1 is 0.966 bits per heavy atom. The van der Waals surface area contributed by atoms with Crippen molar-refractivity contribution in [1.82, 2.24) is 19.5 Å².